The van der Waals surface area contributed by atoms with Gasteiger partial charge >= 0.3 is 0 Å². The molecule has 2 aromatic carbocycles. The molecule has 1 aliphatic rings. The molecule has 3 rings (SSSR count). The smallest absolute Gasteiger partial charge is 0.270 e. The summed E-state index contributed by atoms with van der Waals surface area (Å²) in [7, 11) is 0. The van der Waals surface area contributed by atoms with Crippen molar-refractivity contribution in [3.05, 3.63) is 66.2 Å². The van der Waals surface area contributed by atoms with Gasteiger partial charge in [0, 0.05) is 0 Å². The van der Waals surface area contributed by atoms with Crippen molar-refractivity contribution in [3.63, 3.8) is 0 Å². The number of benzene rings is 2. The second kappa shape index (κ2) is 7.61. The van der Waals surface area contributed by atoms with Crippen molar-refractivity contribution < 1.29 is 19.2 Å². The van der Waals surface area contributed by atoms with Crippen LogP contribution in [0.4, 0.5) is 0 Å². The maximum Gasteiger partial charge on any atom is 0.270 e. The van der Waals surface area contributed by atoms with Gasteiger partial charge < -0.3 is 10.1 Å². The van der Waals surface area contributed by atoms with Crippen molar-refractivity contribution in [3.8, 4) is 5.75 Å². The summed E-state index contributed by atoms with van der Waals surface area (Å²) in [6, 6.07) is 18.1. The third-order valence-corrected chi connectivity index (χ3v) is 3.57. The maximum absolute atomic E-state index is 11.9. The van der Waals surface area contributed by atoms with Gasteiger partial charge in [0.1, 0.15) is 18.4 Å². The first-order valence-electron chi connectivity index (χ1n) is 7.68. The van der Waals surface area contributed by atoms with Gasteiger partial charge in [0.05, 0.1) is 6.54 Å². The van der Waals surface area contributed by atoms with Gasteiger partial charge in [0.15, 0.2) is 6.61 Å². The molecule has 0 bridgehead atoms. The molecule has 124 valence electrons. The zero-order chi connectivity index (χ0) is 16.8. The maximum atomic E-state index is 11.9. The van der Waals surface area contributed by atoms with Crippen LogP contribution in [0.1, 0.15) is 5.56 Å². The fourth-order valence-corrected chi connectivity index (χ4v) is 2.25. The Labute approximate surface area is 139 Å². The number of carbonyl (C=O) groups is 2. The number of rotatable bonds is 7. The van der Waals surface area contributed by atoms with Crippen molar-refractivity contribution in [2.75, 3.05) is 13.2 Å². The first kappa shape index (κ1) is 16.0. The van der Waals surface area contributed by atoms with Crippen LogP contribution in [0.5, 0.6) is 5.75 Å². The quantitative estimate of drug-likeness (QED) is 0.784. The van der Waals surface area contributed by atoms with Crippen LogP contribution in [0, 0.1) is 0 Å². The lowest BCUT2D eigenvalue weighted by Crippen LogP contribution is -2.63. The number of hydrogen-bond acceptors (Lipinski definition) is 4. The number of hydroxylamine groups is 2. The van der Waals surface area contributed by atoms with Crippen molar-refractivity contribution in [1.29, 1.82) is 0 Å². The highest BCUT2D eigenvalue weighted by atomic mass is 16.7. The van der Waals surface area contributed by atoms with Crippen molar-refractivity contribution in [1.82, 2.24) is 10.4 Å². The number of carbonyl (C=O) groups excluding carboxylic acids is 2. The van der Waals surface area contributed by atoms with Gasteiger partial charge in [0.2, 0.25) is 0 Å². The Morgan fingerprint density at radius 2 is 1.75 bits per heavy atom. The molecule has 6 heteroatoms. The molecule has 0 aromatic heterocycles. The summed E-state index contributed by atoms with van der Waals surface area (Å²) in [6.07, 6.45) is 0. The Kier molecular flexibility index (Phi) is 5.08. The summed E-state index contributed by atoms with van der Waals surface area (Å²) < 4.78 is 5.34. The van der Waals surface area contributed by atoms with Gasteiger partial charge in [-0.1, -0.05) is 48.5 Å². The lowest BCUT2D eigenvalue weighted by atomic mass is 10.1. The van der Waals surface area contributed by atoms with Gasteiger partial charge in [-0.2, -0.15) is 0 Å². The highest BCUT2D eigenvalue weighted by Crippen LogP contribution is 2.13. The van der Waals surface area contributed by atoms with E-state index in [4.69, 9.17) is 9.57 Å². The molecule has 6 nitrogen and oxygen atoms in total. The number of amides is 2. The third kappa shape index (κ3) is 4.11. The van der Waals surface area contributed by atoms with Gasteiger partial charge in [-0.25, -0.2) is 5.06 Å². The molecule has 24 heavy (non-hydrogen) atoms. The Morgan fingerprint density at radius 1 is 1.08 bits per heavy atom. The average molecular weight is 326 g/mol. The molecule has 1 saturated heterocycles. The first-order chi connectivity index (χ1) is 11.7. The molecule has 1 atom stereocenters. The number of β-lactam (4-membered cyclic amide) rings is 1. The summed E-state index contributed by atoms with van der Waals surface area (Å²) in [4.78, 5) is 29.2. The molecule has 1 fully saturated rings. The fraction of sp³-hybridized carbons (Fsp3) is 0.222. The molecule has 0 radical (unpaired) electrons. The van der Waals surface area contributed by atoms with E-state index in [-0.39, 0.29) is 18.4 Å². The Balaban J connectivity index is 1.37. The summed E-state index contributed by atoms with van der Waals surface area (Å²) in [5, 5.41) is 3.89. The molecule has 0 saturated carbocycles. The number of nitrogens with one attached hydrogen (secondary N) is 1. The molecule has 1 heterocycles. The number of ether oxygens (including phenoxy) is 1. The molecule has 2 aromatic rings. The van der Waals surface area contributed by atoms with Crippen molar-refractivity contribution >= 4 is 11.8 Å². The molecule has 1 aliphatic heterocycles. The van der Waals surface area contributed by atoms with Gasteiger partial charge in [-0.3, -0.25) is 14.4 Å². The number of nitrogens with zero attached hydrogens (tertiary/aromatic N) is 1. The zero-order valence-corrected chi connectivity index (χ0v) is 13.1. The van der Waals surface area contributed by atoms with Crippen LogP contribution < -0.4 is 10.1 Å². The lowest BCUT2D eigenvalue weighted by Gasteiger charge is -2.37. The summed E-state index contributed by atoms with van der Waals surface area (Å²) in [5.41, 5.74) is 0.981. The minimum atomic E-state index is -0.548. The molecule has 0 unspecified atom stereocenters. The topological polar surface area (TPSA) is 67.9 Å². The normalized spacial score (nSPS) is 16.4. The van der Waals surface area contributed by atoms with Crippen molar-refractivity contribution in [2.45, 2.75) is 12.6 Å². The second-order valence-electron chi connectivity index (χ2n) is 5.38. The Morgan fingerprint density at radius 3 is 2.42 bits per heavy atom. The van der Waals surface area contributed by atoms with Crippen molar-refractivity contribution in [2.24, 2.45) is 0 Å². The van der Waals surface area contributed by atoms with E-state index in [0.29, 0.717) is 18.9 Å². The van der Waals surface area contributed by atoms with Gasteiger partial charge in [-0.05, 0) is 17.7 Å². The van der Waals surface area contributed by atoms with Crippen LogP contribution in [0.15, 0.2) is 60.7 Å². The van der Waals surface area contributed by atoms with E-state index >= 15 is 0 Å². The molecule has 0 aliphatic carbocycles. The van der Waals surface area contributed by atoms with Gasteiger partial charge in [-0.15, -0.1) is 0 Å². The standard InChI is InChI=1S/C18H18N2O4/c21-17(13-23-15-9-5-2-6-10-15)19-16-11-20(18(16)22)24-12-14-7-3-1-4-8-14/h1-10,16H,11-13H2,(H,19,21)/t16-/m0/s1. The van der Waals surface area contributed by atoms with Crippen LogP contribution >= 0.6 is 0 Å². The monoisotopic (exact) mass is 326 g/mol. The fourth-order valence-electron chi connectivity index (χ4n) is 2.25. The second-order valence-corrected chi connectivity index (χ2v) is 5.38. The van der Waals surface area contributed by atoms with Crippen LogP contribution in [0.2, 0.25) is 0 Å². The Bertz CT molecular complexity index is 691. The average Bonchev–Trinajstić information content (AvgIpc) is 2.63. The summed E-state index contributed by atoms with van der Waals surface area (Å²) >= 11 is 0. The number of para-hydroxylation sites is 1. The third-order valence-electron chi connectivity index (χ3n) is 3.57. The van der Waals surface area contributed by atoms with Crippen LogP contribution in [-0.2, 0) is 21.0 Å². The van der Waals surface area contributed by atoms with Gasteiger partial charge in [0.25, 0.3) is 11.8 Å². The zero-order valence-electron chi connectivity index (χ0n) is 13.1. The molecule has 0 spiro atoms. The van der Waals surface area contributed by atoms with E-state index in [0.717, 1.165) is 5.56 Å². The lowest BCUT2D eigenvalue weighted by molar-refractivity contribution is -0.219. The van der Waals surface area contributed by atoms with E-state index in [1.807, 2.05) is 48.5 Å². The first-order valence-corrected chi connectivity index (χ1v) is 7.68. The molecular formula is C18H18N2O4. The minimum Gasteiger partial charge on any atom is -0.484 e. The predicted molar refractivity (Wildman–Crippen MR) is 86.8 cm³/mol. The summed E-state index contributed by atoms with van der Waals surface area (Å²) in [6.45, 7) is 0.534. The van der Waals surface area contributed by atoms with Crippen LogP contribution in [0.25, 0.3) is 0 Å². The van der Waals surface area contributed by atoms with E-state index in [9.17, 15) is 9.59 Å². The molecule has 2 amide bonds. The highest BCUT2D eigenvalue weighted by molar-refractivity contribution is 5.91. The van der Waals surface area contributed by atoms with E-state index in [1.54, 1.807) is 12.1 Å². The van der Waals surface area contributed by atoms with Crippen LogP contribution in [0.3, 0.4) is 0 Å². The largest absolute Gasteiger partial charge is 0.484 e. The van der Waals surface area contributed by atoms with E-state index in [2.05, 4.69) is 5.32 Å². The SMILES string of the molecule is O=C(COc1ccccc1)N[C@H]1CN(OCc2ccccc2)C1=O. The van der Waals surface area contributed by atoms with E-state index in [1.165, 1.54) is 5.06 Å². The minimum absolute atomic E-state index is 0.126. The predicted octanol–water partition coefficient (Wildman–Crippen LogP) is 1.52. The summed E-state index contributed by atoms with van der Waals surface area (Å²) in [5.74, 6) is 0.0271. The van der Waals surface area contributed by atoms with Crippen LogP contribution in [-0.4, -0.2) is 36.1 Å². The number of hydrogen-bond donors (Lipinski definition) is 1. The Hall–Kier alpha value is -2.86. The highest BCUT2D eigenvalue weighted by Gasteiger charge is 2.39. The van der Waals surface area contributed by atoms with E-state index < -0.39 is 6.04 Å². The molecular weight excluding hydrogens is 308 g/mol. The molecule has 1 N–H and O–H groups in total.